The number of ether oxygens (including phenoxy) is 2. The smallest absolute Gasteiger partial charge is 0.331 e. The minimum absolute atomic E-state index is 0.161. The topological polar surface area (TPSA) is 64.6 Å². The lowest BCUT2D eigenvalue weighted by atomic mass is 9.92. The molecule has 5 heteroatoms. The van der Waals surface area contributed by atoms with E-state index in [1.165, 1.54) is 7.11 Å². The average Bonchev–Trinajstić information content (AvgIpc) is 2.54. The van der Waals surface area contributed by atoms with Gasteiger partial charge in [-0.1, -0.05) is 19.9 Å². The number of rotatable bonds is 7. The Morgan fingerprint density at radius 1 is 1.13 bits per heavy atom. The monoisotopic (exact) mass is 321 g/mol. The van der Waals surface area contributed by atoms with Crippen LogP contribution in [-0.4, -0.2) is 31.6 Å². The first-order valence-electron chi connectivity index (χ1n) is 7.87. The SMILES string of the molecule is CCC(CC)(NC(=O)Cc1c(C)cc(C)cc1OC)C(=O)OC. The summed E-state index contributed by atoms with van der Waals surface area (Å²) in [5.41, 5.74) is 1.93. The van der Waals surface area contributed by atoms with Crippen LogP contribution in [-0.2, 0) is 20.7 Å². The summed E-state index contributed by atoms with van der Waals surface area (Å²) >= 11 is 0. The third-order valence-corrected chi connectivity index (χ3v) is 4.30. The standard InChI is InChI=1S/C18H27NO4/c1-7-18(8-2,17(21)23-6)19-16(20)11-14-13(4)9-12(3)10-15(14)22-5/h9-10H,7-8,11H2,1-6H3,(H,19,20). The van der Waals surface area contributed by atoms with Crippen LogP contribution < -0.4 is 10.1 Å². The Labute approximate surface area is 138 Å². The van der Waals surface area contributed by atoms with Crippen molar-refractivity contribution in [2.24, 2.45) is 0 Å². The van der Waals surface area contributed by atoms with Crippen molar-refractivity contribution < 1.29 is 19.1 Å². The summed E-state index contributed by atoms with van der Waals surface area (Å²) < 4.78 is 10.2. The van der Waals surface area contributed by atoms with Gasteiger partial charge >= 0.3 is 5.97 Å². The van der Waals surface area contributed by atoms with E-state index in [9.17, 15) is 9.59 Å². The highest BCUT2D eigenvalue weighted by Gasteiger charge is 2.37. The molecule has 0 unspecified atom stereocenters. The van der Waals surface area contributed by atoms with Gasteiger partial charge in [-0.05, 0) is 43.9 Å². The summed E-state index contributed by atoms with van der Waals surface area (Å²) in [4.78, 5) is 24.6. The van der Waals surface area contributed by atoms with E-state index in [0.29, 0.717) is 18.6 Å². The number of nitrogens with one attached hydrogen (secondary N) is 1. The molecule has 1 N–H and O–H groups in total. The molecule has 1 aromatic rings. The normalized spacial score (nSPS) is 11.0. The van der Waals surface area contributed by atoms with Crippen LogP contribution in [0.5, 0.6) is 5.75 Å². The molecule has 0 aromatic heterocycles. The Balaban J connectivity index is 3.02. The van der Waals surface area contributed by atoms with Crippen molar-refractivity contribution in [3.63, 3.8) is 0 Å². The van der Waals surface area contributed by atoms with Gasteiger partial charge in [0.25, 0.3) is 0 Å². The van der Waals surface area contributed by atoms with Gasteiger partial charge in [-0.25, -0.2) is 4.79 Å². The number of aryl methyl sites for hydroxylation is 2. The molecule has 23 heavy (non-hydrogen) atoms. The lowest BCUT2D eigenvalue weighted by Crippen LogP contribution is -2.54. The highest BCUT2D eigenvalue weighted by Crippen LogP contribution is 2.25. The maximum Gasteiger partial charge on any atom is 0.331 e. The average molecular weight is 321 g/mol. The third kappa shape index (κ3) is 4.24. The van der Waals surface area contributed by atoms with Crippen molar-refractivity contribution >= 4 is 11.9 Å². The maximum absolute atomic E-state index is 12.5. The number of amides is 1. The molecule has 0 spiro atoms. The number of benzene rings is 1. The number of methoxy groups -OCH3 is 2. The van der Waals surface area contributed by atoms with Crippen molar-refractivity contribution in [3.05, 3.63) is 28.8 Å². The molecule has 0 fully saturated rings. The molecule has 0 aliphatic rings. The van der Waals surface area contributed by atoms with E-state index in [2.05, 4.69) is 5.32 Å². The molecule has 0 heterocycles. The summed E-state index contributed by atoms with van der Waals surface area (Å²) in [6.45, 7) is 7.65. The number of hydrogen-bond donors (Lipinski definition) is 1. The van der Waals surface area contributed by atoms with Gasteiger partial charge in [0.2, 0.25) is 5.91 Å². The zero-order valence-corrected chi connectivity index (χ0v) is 14.9. The molecule has 0 bridgehead atoms. The molecule has 0 radical (unpaired) electrons. The molecule has 1 amide bonds. The largest absolute Gasteiger partial charge is 0.496 e. The zero-order chi connectivity index (χ0) is 17.6. The van der Waals surface area contributed by atoms with Crippen LogP contribution in [0, 0.1) is 13.8 Å². The van der Waals surface area contributed by atoms with Gasteiger partial charge in [0.05, 0.1) is 20.6 Å². The number of hydrogen-bond acceptors (Lipinski definition) is 4. The molecule has 1 rings (SSSR count). The van der Waals surface area contributed by atoms with E-state index in [1.54, 1.807) is 7.11 Å². The molecule has 0 aliphatic carbocycles. The Hall–Kier alpha value is -2.04. The highest BCUT2D eigenvalue weighted by molar-refractivity contribution is 5.89. The predicted octanol–water partition coefficient (Wildman–Crippen LogP) is 2.70. The molecular weight excluding hydrogens is 294 g/mol. The van der Waals surface area contributed by atoms with E-state index >= 15 is 0 Å². The number of esters is 1. The summed E-state index contributed by atoms with van der Waals surface area (Å²) in [6, 6.07) is 3.92. The Bertz CT molecular complexity index is 577. The van der Waals surface area contributed by atoms with Gasteiger partial charge < -0.3 is 14.8 Å². The zero-order valence-electron chi connectivity index (χ0n) is 14.9. The highest BCUT2D eigenvalue weighted by atomic mass is 16.5. The summed E-state index contributed by atoms with van der Waals surface area (Å²) in [5.74, 6) is 0.0575. The van der Waals surface area contributed by atoms with E-state index in [4.69, 9.17) is 9.47 Å². The van der Waals surface area contributed by atoms with E-state index in [0.717, 1.165) is 16.7 Å². The van der Waals surface area contributed by atoms with Crippen molar-refractivity contribution in [2.45, 2.75) is 52.5 Å². The molecule has 128 valence electrons. The maximum atomic E-state index is 12.5. The molecule has 0 saturated heterocycles. The lowest BCUT2D eigenvalue weighted by molar-refractivity contribution is -0.151. The van der Waals surface area contributed by atoms with Gasteiger partial charge in [0, 0.05) is 5.56 Å². The van der Waals surface area contributed by atoms with Crippen molar-refractivity contribution in [1.82, 2.24) is 5.32 Å². The summed E-state index contributed by atoms with van der Waals surface area (Å²) in [5, 5.41) is 2.85. The fraction of sp³-hybridized carbons (Fsp3) is 0.556. The van der Waals surface area contributed by atoms with Crippen LogP contribution in [0.4, 0.5) is 0 Å². The molecule has 5 nitrogen and oxygen atoms in total. The third-order valence-electron chi connectivity index (χ3n) is 4.30. The molecular formula is C18H27NO4. The van der Waals surface area contributed by atoms with Gasteiger partial charge in [-0.15, -0.1) is 0 Å². The quantitative estimate of drug-likeness (QED) is 0.784. The van der Waals surface area contributed by atoms with Crippen LogP contribution in [0.2, 0.25) is 0 Å². The first kappa shape index (κ1) is 19.0. The van der Waals surface area contributed by atoms with Crippen molar-refractivity contribution in [2.75, 3.05) is 14.2 Å². The van der Waals surface area contributed by atoms with E-state index < -0.39 is 11.5 Å². The Kier molecular flexibility index (Phi) is 6.61. The van der Waals surface area contributed by atoms with Crippen LogP contribution >= 0.6 is 0 Å². The minimum atomic E-state index is -0.975. The Morgan fingerprint density at radius 3 is 2.22 bits per heavy atom. The first-order valence-corrected chi connectivity index (χ1v) is 7.87. The van der Waals surface area contributed by atoms with Crippen LogP contribution in [0.15, 0.2) is 12.1 Å². The van der Waals surface area contributed by atoms with Crippen molar-refractivity contribution in [1.29, 1.82) is 0 Å². The molecule has 1 aromatic carbocycles. The van der Waals surface area contributed by atoms with Gasteiger partial charge in [0.15, 0.2) is 0 Å². The predicted molar refractivity (Wildman–Crippen MR) is 89.6 cm³/mol. The Morgan fingerprint density at radius 2 is 1.74 bits per heavy atom. The number of carbonyl (C=O) groups is 2. The molecule has 0 aliphatic heterocycles. The second-order valence-corrected chi connectivity index (χ2v) is 5.77. The van der Waals surface area contributed by atoms with Crippen molar-refractivity contribution in [3.8, 4) is 5.75 Å². The van der Waals surface area contributed by atoms with Gasteiger partial charge in [-0.3, -0.25) is 4.79 Å². The van der Waals surface area contributed by atoms with Gasteiger partial charge in [0.1, 0.15) is 11.3 Å². The second kappa shape index (κ2) is 7.99. The second-order valence-electron chi connectivity index (χ2n) is 5.77. The molecule has 0 atom stereocenters. The fourth-order valence-corrected chi connectivity index (χ4v) is 2.80. The summed E-state index contributed by atoms with van der Waals surface area (Å²) in [7, 11) is 2.92. The minimum Gasteiger partial charge on any atom is -0.496 e. The molecule has 0 saturated carbocycles. The van der Waals surface area contributed by atoms with Crippen LogP contribution in [0.3, 0.4) is 0 Å². The van der Waals surface area contributed by atoms with E-state index in [1.807, 2.05) is 39.8 Å². The first-order chi connectivity index (χ1) is 10.8. The van der Waals surface area contributed by atoms with Crippen LogP contribution in [0.1, 0.15) is 43.4 Å². The van der Waals surface area contributed by atoms with E-state index in [-0.39, 0.29) is 12.3 Å². The lowest BCUT2D eigenvalue weighted by Gasteiger charge is -2.30. The van der Waals surface area contributed by atoms with Gasteiger partial charge in [-0.2, -0.15) is 0 Å². The number of carbonyl (C=O) groups excluding carboxylic acids is 2. The van der Waals surface area contributed by atoms with Crippen LogP contribution in [0.25, 0.3) is 0 Å². The fourth-order valence-electron chi connectivity index (χ4n) is 2.80. The summed E-state index contributed by atoms with van der Waals surface area (Å²) in [6.07, 6.45) is 1.12.